The minimum Gasteiger partial charge on any atom is -0.394 e. The third-order valence-electron chi connectivity index (χ3n) is 6.36. The highest BCUT2D eigenvalue weighted by Crippen LogP contribution is 2.32. The Kier molecular flexibility index (Phi) is 6.56. The van der Waals surface area contributed by atoms with Gasteiger partial charge in [-0.25, -0.2) is 4.98 Å². The number of fused-ring (bicyclic) bond motifs is 2. The van der Waals surface area contributed by atoms with Gasteiger partial charge < -0.3 is 15.3 Å². The summed E-state index contributed by atoms with van der Waals surface area (Å²) in [5.41, 5.74) is 8.87. The molecule has 1 unspecified atom stereocenters. The first kappa shape index (κ1) is 23.0. The lowest BCUT2D eigenvalue weighted by atomic mass is 10.0. The molecule has 8 nitrogen and oxygen atoms in total. The average molecular weight is 450 g/mol. The molecule has 8 heteroatoms. The van der Waals surface area contributed by atoms with Crippen LogP contribution in [0.15, 0.2) is 36.7 Å². The van der Waals surface area contributed by atoms with E-state index in [9.17, 15) is 5.11 Å². The van der Waals surface area contributed by atoms with Crippen molar-refractivity contribution in [3.63, 3.8) is 0 Å². The molecular formula is C25H35N7O. The zero-order valence-corrected chi connectivity index (χ0v) is 20.2. The molecule has 1 aliphatic rings. The summed E-state index contributed by atoms with van der Waals surface area (Å²) in [6, 6.07) is 2.18. The first-order valence-electron chi connectivity index (χ1n) is 11.6. The lowest BCUT2D eigenvalue weighted by molar-refractivity contribution is 0.258. The van der Waals surface area contributed by atoms with Crippen molar-refractivity contribution in [3.05, 3.63) is 59.3 Å². The summed E-state index contributed by atoms with van der Waals surface area (Å²) in [6.45, 7) is 17.0. The van der Waals surface area contributed by atoms with E-state index in [1.807, 2.05) is 31.8 Å². The minimum absolute atomic E-state index is 0.0200. The van der Waals surface area contributed by atoms with Crippen molar-refractivity contribution < 1.29 is 5.11 Å². The van der Waals surface area contributed by atoms with E-state index in [1.165, 1.54) is 16.9 Å². The van der Waals surface area contributed by atoms with Gasteiger partial charge in [0.15, 0.2) is 5.65 Å². The van der Waals surface area contributed by atoms with E-state index in [0.717, 1.165) is 72.6 Å². The number of aliphatic hydroxyl groups excluding tert-OH is 1. The highest BCUT2D eigenvalue weighted by molar-refractivity contribution is 5.89. The third kappa shape index (κ3) is 4.80. The highest BCUT2D eigenvalue weighted by atomic mass is 16.3. The van der Waals surface area contributed by atoms with Gasteiger partial charge in [-0.2, -0.15) is 10.2 Å². The van der Waals surface area contributed by atoms with Gasteiger partial charge in [-0.05, 0) is 39.7 Å². The summed E-state index contributed by atoms with van der Waals surface area (Å²) in [7, 11) is 1.94. The Morgan fingerprint density at radius 3 is 2.82 bits per heavy atom. The van der Waals surface area contributed by atoms with Gasteiger partial charge in [-0.1, -0.05) is 18.7 Å². The molecule has 3 aromatic heterocycles. The van der Waals surface area contributed by atoms with Crippen molar-refractivity contribution in [2.75, 3.05) is 18.1 Å². The van der Waals surface area contributed by atoms with E-state index in [4.69, 9.17) is 5.10 Å². The Balaban J connectivity index is 1.46. The second-order valence-electron chi connectivity index (χ2n) is 9.21. The van der Waals surface area contributed by atoms with Gasteiger partial charge >= 0.3 is 0 Å². The Hall–Kier alpha value is -3.13. The predicted molar refractivity (Wildman–Crippen MR) is 132 cm³/mol. The Bertz CT molecular complexity index is 1190. The maximum absolute atomic E-state index is 9.19. The highest BCUT2D eigenvalue weighted by Gasteiger charge is 2.25. The number of nitrogens with zero attached hydrogens (tertiary/aromatic N) is 6. The van der Waals surface area contributed by atoms with Crippen LogP contribution >= 0.6 is 0 Å². The number of aliphatic hydroxyl groups is 1. The normalized spacial score (nSPS) is 14.4. The third-order valence-corrected chi connectivity index (χ3v) is 6.36. The number of pyridine rings is 1. The van der Waals surface area contributed by atoms with Gasteiger partial charge in [0.05, 0.1) is 36.1 Å². The van der Waals surface area contributed by atoms with Crippen LogP contribution in [-0.2, 0) is 26.6 Å². The number of rotatable bonds is 9. The van der Waals surface area contributed by atoms with Crippen LogP contribution in [-0.4, -0.2) is 48.8 Å². The van der Waals surface area contributed by atoms with E-state index in [0.29, 0.717) is 0 Å². The summed E-state index contributed by atoms with van der Waals surface area (Å²) in [5.74, 6) is 0. The van der Waals surface area contributed by atoms with Crippen molar-refractivity contribution in [2.45, 2.75) is 59.2 Å². The van der Waals surface area contributed by atoms with Crippen molar-refractivity contribution in [2.24, 2.45) is 7.05 Å². The molecule has 0 saturated carbocycles. The molecule has 0 amide bonds. The number of aryl methyl sites for hydroxylation is 3. The summed E-state index contributed by atoms with van der Waals surface area (Å²) in [5, 5.41) is 22.8. The lowest BCUT2D eigenvalue weighted by Crippen LogP contribution is -2.31. The molecule has 0 bridgehead atoms. The van der Waals surface area contributed by atoms with Gasteiger partial charge in [0.1, 0.15) is 0 Å². The number of hydrogen-bond donors (Lipinski definition) is 2. The van der Waals surface area contributed by atoms with E-state index in [-0.39, 0.29) is 12.6 Å². The first-order valence-corrected chi connectivity index (χ1v) is 11.6. The first-order chi connectivity index (χ1) is 15.8. The fraction of sp³-hybridized carbons (Fsp3) is 0.480. The summed E-state index contributed by atoms with van der Waals surface area (Å²) in [4.78, 5) is 7.09. The van der Waals surface area contributed by atoms with Crippen LogP contribution < -0.4 is 10.2 Å². The summed E-state index contributed by atoms with van der Waals surface area (Å²) >= 11 is 0. The Labute approximate surface area is 195 Å². The standard InChI is InChI=1S/C25H35N7O/c1-16(7-8-17(2)27-19(4)15-33)13-32-23-9-10-31(14-22(23)20(5)29-32)24-11-18(3)28-25-21(24)12-26-30(25)6/h11-12,19,27,33H,1-2,7-10,13-15H2,3-6H3. The van der Waals surface area contributed by atoms with Crippen molar-refractivity contribution in [1.82, 2.24) is 29.9 Å². The largest absolute Gasteiger partial charge is 0.394 e. The van der Waals surface area contributed by atoms with Crippen molar-refractivity contribution >= 4 is 16.7 Å². The van der Waals surface area contributed by atoms with E-state index in [2.05, 4.69) is 51.1 Å². The SMILES string of the molecule is C=C(CCC(=C)NC(C)CO)Cn1nc(C)c2c1CCN(c1cc(C)nc3c1cnn3C)C2. The van der Waals surface area contributed by atoms with Crippen LogP contribution in [0.3, 0.4) is 0 Å². The molecule has 0 aromatic carbocycles. The van der Waals surface area contributed by atoms with E-state index >= 15 is 0 Å². The quantitative estimate of drug-likeness (QED) is 0.488. The van der Waals surface area contributed by atoms with Crippen LogP contribution in [0, 0.1) is 13.8 Å². The smallest absolute Gasteiger partial charge is 0.159 e. The molecule has 0 radical (unpaired) electrons. The topological polar surface area (TPSA) is 84.0 Å². The van der Waals surface area contributed by atoms with Gasteiger partial charge in [0.2, 0.25) is 0 Å². The number of hydrogen-bond acceptors (Lipinski definition) is 6. The van der Waals surface area contributed by atoms with Gasteiger partial charge in [-0.3, -0.25) is 9.36 Å². The lowest BCUT2D eigenvalue weighted by Gasteiger charge is -2.30. The van der Waals surface area contributed by atoms with Gasteiger partial charge in [-0.15, -0.1) is 0 Å². The predicted octanol–water partition coefficient (Wildman–Crippen LogP) is 3.16. The Morgan fingerprint density at radius 2 is 2.06 bits per heavy atom. The van der Waals surface area contributed by atoms with Crippen LogP contribution in [0.5, 0.6) is 0 Å². The molecule has 2 N–H and O–H groups in total. The fourth-order valence-electron chi connectivity index (χ4n) is 4.56. The maximum atomic E-state index is 9.19. The molecule has 1 aliphatic heterocycles. The molecule has 33 heavy (non-hydrogen) atoms. The molecule has 4 heterocycles. The molecule has 0 spiro atoms. The number of allylic oxidation sites excluding steroid dienone is 2. The van der Waals surface area contributed by atoms with Gasteiger partial charge in [0, 0.05) is 55.2 Å². The zero-order valence-electron chi connectivity index (χ0n) is 20.2. The van der Waals surface area contributed by atoms with Gasteiger partial charge in [0.25, 0.3) is 0 Å². The zero-order chi connectivity index (χ0) is 23.7. The number of aromatic nitrogens is 5. The minimum atomic E-state index is 0.0200. The number of anilines is 1. The van der Waals surface area contributed by atoms with Crippen LogP contribution in [0.4, 0.5) is 5.69 Å². The van der Waals surface area contributed by atoms with Crippen LogP contribution in [0.2, 0.25) is 0 Å². The number of nitrogens with one attached hydrogen (secondary N) is 1. The molecule has 3 aromatic rings. The molecule has 176 valence electrons. The fourth-order valence-corrected chi connectivity index (χ4v) is 4.56. The second kappa shape index (κ2) is 9.39. The van der Waals surface area contributed by atoms with Crippen LogP contribution in [0.25, 0.3) is 11.0 Å². The van der Waals surface area contributed by atoms with Crippen LogP contribution in [0.1, 0.15) is 42.4 Å². The molecule has 4 rings (SSSR count). The second-order valence-corrected chi connectivity index (χ2v) is 9.21. The summed E-state index contributed by atoms with van der Waals surface area (Å²) in [6.07, 6.45) is 4.51. The van der Waals surface area contributed by atoms with Crippen molar-refractivity contribution in [3.8, 4) is 0 Å². The molecule has 0 aliphatic carbocycles. The molecule has 0 saturated heterocycles. The maximum Gasteiger partial charge on any atom is 0.159 e. The van der Waals surface area contributed by atoms with E-state index in [1.54, 1.807) is 0 Å². The average Bonchev–Trinajstić information content (AvgIpc) is 3.31. The van der Waals surface area contributed by atoms with Crippen molar-refractivity contribution in [1.29, 1.82) is 0 Å². The molecular weight excluding hydrogens is 414 g/mol. The van der Waals surface area contributed by atoms with E-state index < -0.39 is 0 Å². The molecule has 0 fully saturated rings. The monoisotopic (exact) mass is 449 g/mol. The Morgan fingerprint density at radius 1 is 1.27 bits per heavy atom. The molecule has 1 atom stereocenters. The summed E-state index contributed by atoms with van der Waals surface area (Å²) < 4.78 is 3.97.